The lowest BCUT2D eigenvalue weighted by Gasteiger charge is -2.09. The summed E-state index contributed by atoms with van der Waals surface area (Å²) in [6.45, 7) is 0. The highest BCUT2D eigenvalue weighted by Gasteiger charge is 2.13. The molecule has 0 aliphatic rings. The number of hydrogen-bond donors (Lipinski definition) is 2. The van der Waals surface area contributed by atoms with Gasteiger partial charge in [0.25, 0.3) is 5.56 Å². The molecule has 2 N–H and O–H groups in total. The van der Waals surface area contributed by atoms with E-state index in [1.54, 1.807) is 0 Å². The fourth-order valence-corrected chi connectivity index (χ4v) is 2.33. The lowest BCUT2D eigenvalue weighted by molar-refractivity contribution is 0.450. The third kappa shape index (κ3) is 1.82. The summed E-state index contributed by atoms with van der Waals surface area (Å²) in [4.78, 5) is 13.8. The number of benzene rings is 2. The summed E-state index contributed by atoms with van der Waals surface area (Å²) in [7, 11) is 0. The Balaban J connectivity index is 2.43. The molecule has 0 aliphatic heterocycles. The van der Waals surface area contributed by atoms with Crippen LogP contribution in [0, 0.1) is 11.3 Å². The van der Waals surface area contributed by atoms with Gasteiger partial charge >= 0.3 is 0 Å². The summed E-state index contributed by atoms with van der Waals surface area (Å²) >= 11 is 0. The van der Waals surface area contributed by atoms with E-state index in [1.165, 1.54) is 6.07 Å². The molecular formula is C16H10N2O2. The number of aromatic hydroxyl groups is 1. The lowest BCUT2D eigenvalue weighted by atomic mass is 9.96. The largest absolute Gasteiger partial charge is 0.494 e. The molecular weight excluding hydrogens is 252 g/mol. The molecule has 0 bridgehead atoms. The number of aromatic amines is 1. The monoisotopic (exact) mass is 262 g/mol. The van der Waals surface area contributed by atoms with Gasteiger partial charge in [0.2, 0.25) is 5.88 Å². The van der Waals surface area contributed by atoms with Crippen LogP contribution in [0.2, 0.25) is 0 Å². The van der Waals surface area contributed by atoms with Gasteiger partial charge in [-0.2, -0.15) is 5.26 Å². The van der Waals surface area contributed by atoms with Gasteiger partial charge in [-0.05, 0) is 16.3 Å². The van der Waals surface area contributed by atoms with E-state index in [0.717, 1.165) is 16.3 Å². The van der Waals surface area contributed by atoms with Crippen LogP contribution in [0.3, 0.4) is 0 Å². The van der Waals surface area contributed by atoms with Gasteiger partial charge in [-0.1, -0.05) is 42.5 Å². The van der Waals surface area contributed by atoms with Crippen LogP contribution in [-0.2, 0) is 0 Å². The van der Waals surface area contributed by atoms with Gasteiger partial charge < -0.3 is 5.11 Å². The zero-order valence-corrected chi connectivity index (χ0v) is 10.4. The van der Waals surface area contributed by atoms with E-state index < -0.39 is 11.4 Å². The number of rotatable bonds is 1. The number of aromatic nitrogens is 1. The smallest absolute Gasteiger partial charge is 0.251 e. The van der Waals surface area contributed by atoms with Crippen LogP contribution in [0.5, 0.6) is 5.88 Å². The number of fused-ring (bicyclic) bond motifs is 1. The van der Waals surface area contributed by atoms with Crippen LogP contribution in [0.4, 0.5) is 0 Å². The number of nitriles is 1. The fourth-order valence-electron chi connectivity index (χ4n) is 2.33. The first-order chi connectivity index (χ1) is 9.70. The first-order valence-electron chi connectivity index (χ1n) is 6.05. The highest BCUT2D eigenvalue weighted by Crippen LogP contribution is 2.32. The predicted octanol–water partition coefficient (Wildman–Crippen LogP) is 2.77. The molecule has 3 aromatic rings. The van der Waals surface area contributed by atoms with Gasteiger partial charge in [0.05, 0.1) is 0 Å². The number of hydrogen-bond acceptors (Lipinski definition) is 3. The van der Waals surface area contributed by atoms with Gasteiger partial charge in [-0.3, -0.25) is 9.78 Å². The second kappa shape index (κ2) is 4.56. The molecule has 0 radical (unpaired) electrons. The van der Waals surface area contributed by atoms with Gasteiger partial charge in [0.1, 0.15) is 11.6 Å². The van der Waals surface area contributed by atoms with E-state index >= 15 is 0 Å². The van der Waals surface area contributed by atoms with E-state index in [1.807, 2.05) is 48.5 Å². The van der Waals surface area contributed by atoms with E-state index in [9.17, 15) is 15.2 Å². The Labute approximate surface area is 114 Å². The first-order valence-corrected chi connectivity index (χ1v) is 6.05. The van der Waals surface area contributed by atoms with Gasteiger partial charge in [0.15, 0.2) is 0 Å². The van der Waals surface area contributed by atoms with E-state index in [2.05, 4.69) is 4.98 Å². The number of H-pyrrole nitrogens is 1. The molecule has 0 fully saturated rings. The fraction of sp³-hybridized carbons (Fsp3) is 0. The van der Waals surface area contributed by atoms with E-state index in [0.29, 0.717) is 5.56 Å². The molecule has 1 heterocycles. The minimum atomic E-state index is -0.440. The highest BCUT2D eigenvalue weighted by molar-refractivity contribution is 5.97. The summed E-state index contributed by atoms with van der Waals surface area (Å²) < 4.78 is 0. The Bertz CT molecular complexity index is 899. The van der Waals surface area contributed by atoms with Crippen LogP contribution >= 0.6 is 0 Å². The van der Waals surface area contributed by atoms with Crippen LogP contribution in [-0.4, -0.2) is 10.1 Å². The molecule has 0 saturated heterocycles. The SMILES string of the molecule is N#Cc1c(-c2cccc3ccccc23)cc(=O)[nH]c1O. The van der Waals surface area contributed by atoms with Crippen molar-refractivity contribution >= 4 is 10.8 Å². The average molecular weight is 262 g/mol. The van der Waals surface area contributed by atoms with Crippen molar-refractivity contribution in [3.63, 3.8) is 0 Å². The van der Waals surface area contributed by atoms with E-state index in [-0.39, 0.29) is 5.56 Å². The Kier molecular flexibility index (Phi) is 2.73. The number of nitrogens with zero attached hydrogens (tertiary/aromatic N) is 1. The van der Waals surface area contributed by atoms with Crippen molar-refractivity contribution in [3.8, 4) is 23.1 Å². The van der Waals surface area contributed by atoms with Crippen LogP contribution in [0.25, 0.3) is 21.9 Å². The predicted molar refractivity (Wildman–Crippen MR) is 76.4 cm³/mol. The molecule has 0 unspecified atom stereocenters. The van der Waals surface area contributed by atoms with Gasteiger partial charge in [-0.25, -0.2) is 0 Å². The summed E-state index contributed by atoms with van der Waals surface area (Å²) in [6, 6.07) is 16.6. The van der Waals surface area contributed by atoms with Crippen molar-refractivity contribution < 1.29 is 5.11 Å². The molecule has 2 aromatic carbocycles. The van der Waals surface area contributed by atoms with Crippen LogP contribution < -0.4 is 5.56 Å². The van der Waals surface area contributed by atoms with Crippen molar-refractivity contribution in [2.45, 2.75) is 0 Å². The quantitative estimate of drug-likeness (QED) is 0.708. The maximum absolute atomic E-state index is 11.6. The molecule has 96 valence electrons. The minimum Gasteiger partial charge on any atom is -0.494 e. The van der Waals surface area contributed by atoms with Crippen molar-refractivity contribution in [2.75, 3.05) is 0 Å². The number of nitrogens with one attached hydrogen (secondary N) is 1. The third-order valence-corrected chi connectivity index (χ3v) is 3.21. The molecule has 20 heavy (non-hydrogen) atoms. The Hall–Kier alpha value is -3.06. The minimum absolute atomic E-state index is 0.0703. The summed E-state index contributed by atoms with van der Waals surface area (Å²) in [5, 5.41) is 20.9. The average Bonchev–Trinajstić information content (AvgIpc) is 2.46. The number of pyridine rings is 1. The topological polar surface area (TPSA) is 76.9 Å². The van der Waals surface area contributed by atoms with Crippen LogP contribution in [0.1, 0.15) is 5.56 Å². The van der Waals surface area contributed by atoms with Gasteiger partial charge in [0, 0.05) is 11.6 Å². The van der Waals surface area contributed by atoms with Crippen LogP contribution in [0.15, 0.2) is 53.3 Å². The van der Waals surface area contributed by atoms with E-state index in [4.69, 9.17) is 0 Å². The molecule has 0 aliphatic carbocycles. The molecule has 4 heteroatoms. The molecule has 4 nitrogen and oxygen atoms in total. The molecule has 3 rings (SSSR count). The zero-order valence-electron chi connectivity index (χ0n) is 10.4. The van der Waals surface area contributed by atoms with Crippen molar-refractivity contribution in [2.24, 2.45) is 0 Å². The van der Waals surface area contributed by atoms with Gasteiger partial charge in [-0.15, -0.1) is 0 Å². The summed E-state index contributed by atoms with van der Waals surface area (Å²) in [5.41, 5.74) is 0.817. The first kappa shape index (κ1) is 12.0. The second-order valence-electron chi connectivity index (χ2n) is 4.41. The Morgan fingerprint density at radius 1 is 1.05 bits per heavy atom. The molecule has 0 amide bonds. The standard InChI is InChI=1S/C16H10N2O2/c17-9-14-13(8-15(19)18-16(14)20)12-7-3-5-10-4-1-2-6-11(10)12/h1-8H,(H2,18,19,20). The lowest BCUT2D eigenvalue weighted by Crippen LogP contribution is -2.06. The van der Waals surface area contributed by atoms with Crippen molar-refractivity contribution in [1.29, 1.82) is 5.26 Å². The maximum Gasteiger partial charge on any atom is 0.251 e. The zero-order chi connectivity index (χ0) is 14.1. The molecule has 1 aromatic heterocycles. The molecule has 0 atom stereocenters. The Morgan fingerprint density at radius 2 is 1.80 bits per heavy atom. The molecule has 0 spiro atoms. The summed E-state index contributed by atoms with van der Waals surface area (Å²) in [5.74, 6) is -0.400. The normalized spacial score (nSPS) is 10.3. The maximum atomic E-state index is 11.6. The third-order valence-electron chi connectivity index (χ3n) is 3.21. The van der Waals surface area contributed by atoms with Crippen molar-refractivity contribution in [3.05, 3.63) is 64.4 Å². The van der Waals surface area contributed by atoms with Crippen molar-refractivity contribution in [1.82, 2.24) is 4.98 Å². The summed E-state index contributed by atoms with van der Waals surface area (Å²) in [6.07, 6.45) is 0. The highest BCUT2D eigenvalue weighted by atomic mass is 16.3. The second-order valence-corrected chi connectivity index (χ2v) is 4.41. The Morgan fingerprint density at radius 3 is 2.60 bits per heavy atom. The molecule has 0 saturated carbocycles.